The number of nitrogens with one attached hydrogen (secondary N) is 1. The third-order valence-corrected chi connectivity index (χ3v) is 5.92. The Labute approximate surface area is 170 Å². The Morgan fingerprint density at radius 2 is 2.04 bits per heavy atom. The van der Waals surface area contributed by atoms with E-state index in [0.717, 1.165) is 29.7 Å². The number of benzene rings is 1. The quantitative estimate of drug-likeness (QED) is 0.714. The third-order valence-electron chi connectivity index (χ3n) is 4.31. The average Bonchev–Trinajstić information content (AvgIpc) is 2.94. The van der Waals surface area contributed by atoms with Gasteiger partial charge in [-0.1, -0.05) is 30.1 Å². The molecule has 1 aliphatic rings. The fourth-order valence-electron chi connectivity index (χ4n) is 3.01. The van der Waals surface area contributed by atoms with Gasteiger partial charge in [0.1, 0.15) is 11.1 Å². The second kappa shape index (κ2) is 8.30. The number of hydrogen-bond donors (Lipinski definition) is 1. The Hall–Kier alpha value is -2.07. The minimum absolute atomic E-state index is 0.165. The lowest BCUT2D eigenvalue weighted by atomic mass is 9.89. The molecule has 1 unspecified atom stereocenters. The molecule has 0 bridgehead atoms. The zero-order valence-electron chi connectivity index (χ0n) is 14.5. The van der Waals surface area contributed by atoms with Gasteiger partial charge in [-0.15, -0.1) is 11.3 Å². The molecule has 27 heavy (non-hydrogen) atoms. The fourth-order valence-corrected chi connectivity index (χ4v) is 4.91. The van der Waals surface area contributed by atoms with Gasteiger partial charge in [0, 0.05) is 14.9 Å². The van der Waals surface area contributed by atoms with Crippen molar-refractivity contribution >= 4 is 51.4 Å². The van der Waals surface area contributed by atoms with Crippen molar-refractivity contribution in [2.24, 2.45) is 5.92 Å². The highest BCUT2D eigenvalue weighted by molar-refractivity contribution is 7.16. The van der Waals surface area contributed by atoms with Gasteiger partial charge >= 0.3 is 5.97 Å². The minimum Gasteiger partial charge on any atom is -0.452 e. The molecule has 0 saturated carbocycles. The highest BCUT2D eigenvalue weighted by atomic mass is 35.5. The minimum atomic E-state index is -0.700. The Balaban J connectivity index is 1.65. The molecule has 0 saturated heterocycles. The van der Waals surface area contributed by atoms with E-state index < -0.39 is 18.5 Å². The van der Waals surface area contributed by atoms with Gasteiger partial charge in [-0.05, 0) is 48.9 Å². The van der Waals surface area contributed by atoms with Crippen molar-refractivity contribution < 1.29 is 14.3 Å². The maximum Gasteiger partial charge on any atom is 0.338 e. The maximum absolute atomic E-state index is 12.2. The second-order valence-corrected chi connectivity index (χ2v) is 8.43. The Kier molecular flexibility index (Phi) is 6.05. The second-order valence-electron chi connectivity index (χ2n) is 6.45. The molecule has 1 aromatic heterocycles. The first-order valence-corrected chi connectivity index (χ1v) is 9.92. The summed E-state index contributed by atoms with van der Waals surface area (Å²) in [4.78, 5) is 25.4. The van der Waals surface area contributed by atoms with Crippen LogP contribution >= 0.6 is 34.5 Å². The van der Waals surface area contributed by atoms with Crippen molar-refractivity contribution in [2.75, 3.05) is 11.9 Å². The van der Waals surface area contributed by atoms with E-state index in [1.807, 2.05) is 0 Å². The van der Waals surface area contributed by atoms with Crippen LogP contribution in [0, 0.1) is 17.2 Å². The summed E-state index contributed by atoms with van der Waals surface area (Å²) in [5.74, 6) is -0.634. The average molecular weight is 423 g/mol. The van der Waals surface area contributed by atoms with Crippen LogP contribution in [0.5, 0.6) is 0 Å². The molecule has 0 aliphatic heterocycles. The number of halogens is 2. The summed E-state index contributed by atoms with van der Waals surface area (Å²) in [5, 5.41) is 13.3. The lowest BCUT2D eigenvalue weighted by Crippen LogP contribution is -2.21. The van der Waals surface area contributed by atoms with E-state index in [-0.39, 0.29) is 5.56 Å². The number of anilines is 1. The molecule has 0 fully saturated rings. The number of esters is 1. The van der Waals surface area contributed by atoms with Crippen LogP contribution in [-0.4, -0.2) is 18.5 Å². The van der Waals surface area contributed by atoms with Crippen LogP contribution < -0.4 is 5.32 Å². The molecule has 2 aromatic rings. The SMILES string of the molecule is CC1CCc2c(sc(NC(=O)COC(=O)c3cc(Cl)cc(Cl)c3)c2C#N)C1. The molecule has 1 aromatic carbocycles. The molecule has 140 valence electrons. The van der Waals surface area contributed by atoms with Gasteiger partial charge in [0.2, 0.25) is 0 Å². The number of carbonyl (C=O) groups excluding carboxylic acids is 2. The van der Waals surface area contributed by atoms with E-state index in [4.69, 9.17) is 27.9 Å². The molecule has 1 N–H and O–H groups in total. The zero-order valence-corrected chi connectivity index (χ0v) is 16.8. The van der Waals surface area contributed by atoms with Gasteiger partial charge in [0.15, 0.2) is 6.61 Å². The molecule has 1 amide bonds. The van der Waals surface area contributed by atoms with Gasteiger partial charge in [-0.3, -0.25) is 4.79 Å². The lowest BCUT2D eigenvalue weighted by molar-refractivity contribution is -0.119. The number of fused-ring (bicyclic) bond motifs is 1. The van der Waals surface area contributed by atoms with Gasteiger partial charge in [0.25, 0.3) is 5.91 Å². The van der Waals surface area contributed by atoms with Gasteiger partial charge in [0.05, 0.1) is 11.1 Å². The monoisotopic (exact) mass is 422 g/mol. The molecular formula is C19H16Cl2N2O3S. The molecule has 1 heterocycles. The standard InChI is InChI=1S/C19H16Cl2N2O3S/c1-10-2-3-14-15(8-22)18(27-16(14)4-10)23-17(24)9-26-19(25)11-5-12(20)7-13(21)6-11/h5-7,10H,2-4,9H2,1H3,(H,23,24). The Morgan fingerprint density at radius 1 is 1.33 bits per heavy atom. The van der Waals surface area contributed by atoms with Crippen LogP contribution in [0.2, 0.25) is 10.0 Å². The normalized spacial score (nSPS) is 15.6. The number of nitrogens with zero attached hydrogens (tertiary/aromatic N) is 1. The van der Waals surface area contributed by atoms with Crippen molar-refractivity contribution in [3.63, 3.8) is 0 Å². The fraction of sp³-hybridized carbons (Fsp3) is 0.316. The molecule has 8 heteroatoms. The van der Waals surface area contributed by atoms with Crippen molar-refractivity contribution in [2.45, 2.75) is 26.2 Å². The van der Waals surface area contributed by atoms with E-state index in [9.17, 15) is 14.9 Å². The van der Waals surface area contributed by atoms with E-state index in [0.29, 0.717) is 26.5 Å². The predicted molar refractivity (Wildman–Crippen MR) is 106 cm³/mol. The summed E-state index contributed by atoms with van der Waals surface area (Å²) < 4.78 is 5.02. The molecule has 0 spiro atoms. The topological polar surface area (TPSA) is 79.2 Å². The third kappa shape index (κ3) is 4.62. The van der Waals surface area contributed by atoms with Gasteiger partial charge in [-0.2, -0.15) is 5.26 Å². The van der Waals surface area contributed by atoms with Crippen LogP contribution in [0.25, 0.3) is 0 Å². The summed E-state index contributed by atoms with van der Waals surface area (Å²) in [5.41, 5.74) is 1.71. The first kappa shape index (κ1) is 19.7. The number of rotatable bonds is 4. The first-order chi connectivity index (χ1) is 12.9. The summed E-state index contributed by atoms with van der Waals surface area (Å²) in [6, 6.07) is 6.51. The van der Waals surface area contributed by atoms with Crippen molar-refractivity contribution in [1.82, 2.24) is 0 Å². The van der Waals surface area contributed by atoms with Crippen molar-refractivity contribution in [3.05, 3.63) is 49.8 Å². The number of carbonyl (C=O) groups is 2. The molecule has 3 rings (SSSR count). The van der Waals surface area contributed by atoms with E-state index >= 15 is 0 Å². The summed E-state index contributed by atoms with van der Waals surface area (Å²) in [7, 11) is 0. The smallest absolute Gasteiger partial charge is 0.338 e. The first-order valence-electron chi connectivity index (χ1n) is 8.35. The van der Waals surface area contributed by atoms with Crippen LogP contribution in [0.15, 0.2) is 18.2 Å². The Morgan fingerprint density at radius 3 is 2.70 bits per heavy atom. The maximum atomic E-state index is 12.2. The largest absolute Gasteiger partial charge is 0.452 e. The van der Waals surface area contributed by atoms with Crippen LogP contribution in [0.3, 0.4) is 0 Å². The highest BCUT2D eigenvalue weighted by Crippen LogP contribution is 2.39. The van der Waals surface area contributed by atoms with Crippen LogP contribution in [-0.2, 0) is 22.4 Å². The number of amides is 1. The summed E-state index contributed by atoms with van der Waals surface area (Å²) >= 11 is 13.1. The van der Waals surface area contributed by atoms with E-state index in [1.165, 1.54) is 29.5 Å². The molecule has 1 atom stereocenters. The lowest BCUT2D eigenvalue weighted by Gasteiger charge is -2.17. The van der Waals surface area contributed by atoms with E-state index in [1.54, 1.807) is 0 Å². The summed E-state index contributed by atoms with van der Waals surface area (Å²) in [6.07, 6.45) is 2.79. The van der Waals surface area contributed by atoms with Crippen LogP contribution in [0.1, 0.15) is 39.7 Å². The summed E-state index contributed by atoms with van der Waals surface area (Å²) in [6.45, 7) is 1.71. The Bertz CT molecular complexity index is 929. The number of hydrogen-bond acceptors (Lipinski definition) is 5. The van der Waals surface area contributed by atoms with Crippen LogP contribution in [0.4, 0.5) is 5.00 Å². The van der Waals surface area contributed by atoms with Crippen molar-refractivity contribution in [1.29, 1.82) is 5.26 Å². The number of thiophene rings is 1. The molecule has 0 radical (unpaired) electrons. The number of ether oxygens (including phenoxy) is 1. The van der Waals surface area contributed by atoms with Gasteiger partial charge < -0.3 is 10.1 Å². The highest BCUT2D eigenvalue weighted by Gasteiger charge is 2.25. The molecule has 5 nitrogen and oxygen atoms in total. The van der Waals surface area contributed by atoms with Crippen molar-refractivity contribution in [3.8, 4) is 6.07 Å². The van der Waals surface area contributed by atoms with Gasteiger partial charge in [-0.25, -0.2) is 4.79 Å². The predicted octanol–water partition coefficient (Wildman–Crippen LogP) is 4.85. The zero-order chi connectivity index (χ0) is 19.6. The number of nitriles is 1. The molecule has 1 aliphatic carbocycles. The molecular weight excluding hydrogens is 407 g/mol. The van der Waals surface area contributed by atoms with E-state index in [2.05, 4.69) is 18.3 Å².